The van der Waals surface area contributed by atoms with Crippen molar-refractivity contribution in [3.05, 3.63) is 35.0 Å². The topological polar surface area (TPSA) is 46.1 Å². The van der Waals surface area contributed by atoms with Gasteiger partial charge in [0.15, 0.2) is 0 Å². The summed E-state index contributed by atoms with van der Waals surface area (Å²) < 4.78 is 0. The molecule has 116 valence electrons. The Bertz CT molecular complexity index is 653. The Morgan fingerprint density at radius 2 is 2.27 bits per heavy atom. The molecule has 3 rings (SSSR count). The first-order chi connectivity index (χ1) is 10.7. The van der Waals surface area contributed by atoms with E-state index in [1.165, 1.54) is 17.8 Å². The van der Waals surface area contributed by atoms with Gasteiger partial charge in [-0.15, -0.1) is 11.3 Å². The van der Waals surface area contributed by atoms with Crippen LogP contribution in [0.25, 0.3) is 10.7 Å². The summed E-state index contributed by atoms with van der Waals surface area (Å²) in [6, 6.07) is 6.14. The monoisotopic (exact) mass is 315 g/mol. The third-order valence-corrected chi connectivity index (χ3v) is 5.40. The lowest BCUT2D eigenvalue weighted by Gasteiger charge is -2.35. The highest BCUT2D eigenvalue weighted by Gasteiger charge is 2.29. The molecule has 4 nitrogen and oxygen atoms in total. The number of aromatic nitrogens is 2. The molecule has 1 unspecified atom stereocenters. The molecule has 0 bridgehead atoms. The summed E-state index contributed by atoms with van der Waals surface area (Å²) >= 11 is 1.46. The number of pyridine rings is 1. The SMILES string of the molecule is CCC1CCCCN1C(=O)c1sc(-c2ccccn2)nc1C. The molecule has 1 aliphatic rings. The minimum absolute atomic E-state index is 0.142. The van der Waals surface area contributed by atoms with Crippen LogP contribution >= 0.6 is 11.3 Å². The summed E-state index contributed by atoms with van der Waals surface area (Å²) in [5, 5.41) is 0.825. The summed E-state index contributed by atoms with van der Waals surface area (Å²) in [6.07, 6.45) is 6.23. The fourth-order valence-corrected chi connectivity index (χ4v) is 4.02. The predicted molar refractivity (Wildman–Crippen MR) is 89.0 cm³/mol. The maximum absolute atomic E-state index is 12.9. The predicted octanol–water partition coefficient (Wildman–Crippen LogP) is 3.92. The molecule has 0 radical (unpaired) electrons. The van der Waals surface area contributed by atoms with Crippen LogP contribution in [0, 0.1) is 6.92 Å². The lowest BCUT2D eigenvalue weighted by atomic mass is 10.00. The second-order valence-electron chi connectivity index (χ2n) is 5.70. The van der Waals surface area contributed by atoms with Crippen LogP contribution in [0.15, 0.2) is 24.4 Å². The number of piperidine rings is 1. The van der Waals surface area contributed by atoms with Crippen molar-refractivity contribution in [3.8, 4) is 10.7 Å². The highest BCUT2D eigenvalue weighted by Crippen LogP contribution is 2.29. The highest BCUT2D eigenvalue weighted by molar-refractivity contribution is 7.17. The van der Waals surface area contributed by atoms with Gasteiger partial charge < -0.3 is 4.90 Å². The molecule has 0 aliphatic carbocycles. The maximum Gasteiger partial charge on any atom is 0.266 e. The molecule has 1 atom stereocenters. The first-order valence-corrected chi connectivity index (χ1v) is 8.72. The van der Waals surface area contributed by atoms with Gasteiger partial charge in [-0.3, -0.25) is 9.78 Å². The third-order valence-electron chi connectivity index (χ3n) is 4.23. The average molecular weight is 315 g/mol. The van der Waals surface area contributed by atoms with Crippen molar-refractivity contribution in [2.75, 3.05) is 6.54 Å². The molecule has 1 amide bonds. The smallest absolute Gasteiger partial charge is 0.266 e. The summed E-state index contributed by atoms with van der Waals surface area (Å²) in [5.74, 6) is 0.142. The van der Waals surface area contributed by atoms with Crippen molar-refractivity contribution < 1.29 is 4.79 Å². The molecule has 2 aromatic rings. The van der Waals surface area contributed by atoms with Crippen LogP contribution in [0.2, 0.25) is 0 Å². The molecule has 3 heterocycles. The van der Waals surface area contributed by atoms with E-state index in [9.17, 15) is 4.79 Å². The Balaban J connectivity index is 1.88. The van der Waals surface area contributed by atoms with Crippen LogP contribution < -0.4 is 0 Å². The van der Waals surface area contributed by atoms with E-state index in [0.29, 0.717) is 6.04 Å². The number of nitrogens with zero attached hydrogens (tertiary/aromatic N) is 3. The van der Waals surface area contributed by atoms with Crippen LogP contribution in [0.4, 0.5) is 0 Å². The van der Waals surface area contributed by atoms with Gasteiger partial charge in [0.2, 0.25) is 0 Å². The number of aryl methyl sites for hydroxylation is 1. The highest BCUT2D eigenvalue weighted by atomic mass is 32.1. The largest absolute Gasteiger partial charge is 0.335 e. The minimum atomic E-state index is 0.142. The van der Waals surface area contributed by atoms with Crippen molar-refractivity contribution in [1.29, 1.82) is 0 Å². The second-order valence-corrected chi connectivity index (χ2v) is 6.70. The zero-order valence-electron chi connectivity index (χ0n) is 13.1. The molecule has 1 fully saturated rings. The second kappa shape index (κ2) is 6.57. The first-order valence-electron chi connectivity index (χ1n) is 7.90. The average Bonchev–Trinajstić information content (AvgIpc) is 2.97. The molecule has 1 saturated heterocycles. The third kappa shape index (κ3) is 2.90. The fourth-order valence-electron chi connectivity index (χ4n) is 3.02. The summed E-state index contributed by atoms with van der Waals surface area (Å²) in [4.78, 5) is 24.6. The number of rotatable bonds is 3. The van der Waals surface area contributed by atoms with Crippen molar-refractivity contribution in [2.24, 2.45) is 0 Å². The van der Waals surface area contributed by atoms with Crippen LogP contribution in [0.1, 0.15) is 48.0 Å². The Labute approximate surface area is 135 Å². The van der Waals surface area contributed by atoms with E-state index in [2.05, 4.69) is 16.9 Å². The van der Waals surface area contributed by atoms with Gasteiger partial charge in [-0.05, 0) is 44.7 Å². The number of carbonyl (C=O) groups excluding carboxylic acids is 1. The van der Waals surface area contributed by atoms with E-state index in [4.69, 9.17) is 0 Å². The standard InChI is InChI=1S/C17H21N3OS/c1-3-13-8-5-7-11-20(13)17(21)15-12(2)19-16(22-15)14-9-4-6-10-18-14/h4,6,9-10,13H,3,5,7-8,11H2,1-2H3. The molecular weight excluding hydrogens is 294 g/mol. The van der Waals surface area contributed by atoms with Crippen molar-refractivity contribution in [2.45, 2.75) is 45.6 Å². The zero-order valence-corrected chi connectivity index (χ0v) is 13.9. The number of likely N-dealkylation sites (tertiary alicyclic amines) is 1. The quantitative estimate of drug-likeness (QED) is 0.862. The van der Waals surface area contributed by atoms with E-state index in [-0.39, 0.29) is 5.91 Å². The van der Waals surface area contributed by atoms with Crippen molar-refractivity contribution >= 4 is 17.2 Å². The van der Waals surface area contributed by atoms with E-state index >= 15 is 0 Å². The van der Waals surface area contributed by atoms with Gasteiger partial charge in [-0.25, -0.2) is 4.98 Å². The number of hydrogen-bond donors (Lipinski definition) is 0. The zero-order chi connectivity index (χ0) is 15.5. The van der Waals surface area contributed by atoms with E-state index in [1.54, 1.807) is 6.20 Å². The normalized spacial score (nSPS) is 18.5. The number of thiazole rings is 1. The van der Waals surface area contributed by atoms with Gasteiger partial charge in [-0.2, -0.15) is 0 Å². The molecule has 5 heteroatoms. The number of hydrogen-bond acceptors (Lipinski definition) is 4. The summed E-state index contributed by atoms with van der Waals surface area (Å²) in [7, 11) is 0. The number of amides is 1. The van der Waals surface area contributed by atoms with Gasteiger partial charge in [0.05, 0.1) is 11.4 Å². The summed E-state index contributed by atoms with van der Waals surface area (Å²) in [6.45, 7) is 4.95. The first kappa shape index (κ1) is 15.2. The lowest BCUT2D eigenvalue weighted by molar-refractivity contribution is 0.0612. The molecule has 2 aromatic heterocycles. The van der Waals surface area contributed by atoms with Crippen molar-refractivity contribution in [1.82, 2.24) is 14.9 Å². The summed E-state index contributed by atoms with van der Waals surface area (Å²) in [5.41, 5.74) is 1.65. The van der Waals surface area contributed by atoms with Crippen LogP contribution in [0.3, 0.4) is 0 Å². The van der Waals surface area contributed by atoms with Gasteiger partial charge >= 0.3 is 0 Å². The fraction of sp³-hybridized carbons (Fsp3) is 0.471. The van der Waals surface area contributed by atoms with Gasteiger partial charge in [-0.1, -0.05) is 13.0 Å². The van der Waals surface area contributed by atoms with Gasteiger partial charge in [0, 0.05) is 18.8 Å². The van der Waals surface area contributed by atoms with Crippen LogP contribution in [0.5, 0.6) is 0 Å². The molecule has 0 aromatic carbocycles. The Morgan fingerprint density at radius 1 is 1.41 bits per heavy atom. The van der Waals surface area contributed by atoms with Gasteiger partial charge in [0.25, 0.3) is 5.91 Å². The number of carbonyl (C=O) groups is 1. The molecule has 22 heavy (non-hydrogen) atoms. The maximum atomic E-state index is 12.9. The van der Waals surface area contributed by atoms with E-state index < -0.39 is 0 Å². The van der Waals surface area contributed by atoms with E-state index in [0.717, 1.165) is 47.1 Å². The van der Waals surface area contributed by atoms with Crippen LogP contribution in [-0.2, 0) is 0 Å². The molecule has 0 saturated carbocycles. The Hall–Kier alpha value is -1.75. The lowest BCUT2D eigenvalue weighted by Crippen LogP contribution is -2.43. The van der Waals surface area contributed by atoms with Crippen molar-refractivity contribution in [3.63, 3.8) is 0 Å². The molecule has 0 spiro atoms. The molecule has 1 aliphatic heterocycles. The molecule has 0 N–H and O–H groups in total. The van der Waals surface area contributed by atoms with Crippen LogP contribution in [-0.4, -0.2) is 33.4 Å². The minimum Gasteiger partial charge on any atom is -0.335 e. The van der Waals surface area contributed by atoms with E-state index in [1.807, 2.05) is 30.0 Å². The Kier molecular flexibility index (Phi) is 4.52. The molecular formula is C17H21N3OS. The van der Waals surface area contributed by atoms with Gasteiger partial charge in [0.1, 0.15) is 9.88 Å². The Morgan fingerprint density at radius 3 is 3.00 bits per heavy atom.